The first-order valence-corrected chi connectivity index (χ1v) is 22.6. The molecule has 0 atom stereocenters. The van der Waals surface area contributed by atoms with Crippen molar-refractivity contribution in [2.75, 3.05) is 4.90 Å². The van der Waals surface area contributed by atoms with Crippen LogP contribution in [0.2, 0.25) is 0 Å². The number of hydrogen-bond acceptors (Lipinski definition) is 2. The lowest BCUT2D eigenvalue weighted by molar-refractivity contribution is 0.632. The highest BCUT2D eigenvalue weighted by Gasteiger charge is 2.19. The third kappa shape index (κ3) is 7.21. The van der Waals surface area contributed by atoms with Crippen molar-refractivity contribution in [2.45, 2.75) is 0 Å². The van der Waals surface area contributed by atoms with Crippen molar-refractivity contribution >= 4 is 49.6 Å². The molecule has 0 aliphatic heterocycles. The summed E-state index contributed by atoms with van der Waals surface area (Å²) in [5.41, 5.74) is 16.9. The molecule has 0 saturated heterocycles. The number of furan rings is 1. The molecular formula is C64H43NO. The van der Waals surface area contributed by atoms with Crippen LogP contribution in [-0.2, 0) is 0 Å². The summed E-state index contributed by atoms with van der Waals surface area (Å²) >= 11 is 0. The number of hydrogen-bond donors (Lipinski definition) is 0. The quantitative estimate of drug-likeness (QED) is 0.135. The van der Waals surface area contributed by atoms with Crippen LogP contribution >= 0.6 is 0 Å². The van der Waals surface area contributed by atoms with E-state index in [0.717, 1.165) is 61.6 Å². The topological polar surface area (TPSA) is 16.4 Å². The van der Waals surface area contributed by atoms with E-state index in [9.17, 15) is 0 Å². The van der Waals surface area contributed by atoms with E-state index in [1.54, 1.807) is 0 Å². The Morgan fingerprint density at radius 2 is 0.682 bits per heavy atom. The molecule has 2 nitrogen and oxygen atoms in total. The van der Waals surface area contributed by atoms with Gasteiger partial charge in [-0.05, 0) is 126 Å². The first-order valence-electron chi connectivity index (χ1n) is 22.6. The van der Waals surface area contributed by atoms with Crippen molar-refractivity contribution in [2.24, 2.45) is 0 Å². The average molecular weight is 842 g/mol. The molecule has 1 heterocycles. The maximum absolute atomic E-state index is 6.61. The SMILES string of the molecule is c1ccc(-c2ccc(-c3ccc(N(c4ccc(-c5cccc(-c6oc7ccccc7c6-c6ccccc6)c5)cc4)c4ccc(-c5cc6ccccc6c6ccccc56)cc4)cc3)cc2)cc1. The standard InChI is InChI=1S/C64H43NO/c1-3-14-44(15-4-1)45-26-28-46(29-27-45)47-30-36-54(37-31-47)65(56-40-34-49(35-41-56)61-43-52-18-7-8-21-57(52)58-22-9-10-23-59(58)61)55-38-32-48(33-39-55)51-19-13-20-53(42-51)64-63(50-16-5-2-6-17-50)60-24-11-12-25-62(60)66-64/h1-43H. The van der Waals surface area contributed by atoms with E-state index in [-0.39, 0.29) is 0 Å². The summed E-state index contributed by atoms with van der Waals surface area (Å²) in [4.78, 5) is 2.35. The van der Waals surface area contributed by atoms with E-state index < -0.39 is 0 Å². The lowest BCUT2D eigenvalue weighted by atomic mass is 9.93. The molecule has 0 fully saturated rings. The maximum Gasteiger partial charge on any atom is 0.143 e. The monoisotopic (exact) mass is 841 g/mol. The molecule has 0 radical (unpaired) electrons. The van der Waals surface area contributed by atoms with Gasteiger partial charge in [-0.3, -0.25) is 0 Å². The van der Waals surface area contributed by atoms with Gasteiger partial charge in [0.05, 0.1) is 0 Å². The van der Waals surface area contributed by atoms with Gasteiger partial charge in [0.2, 0.25) is 0 Å². The predicted molar refractivity (Wildman–Crippen MR) is 279 cm³/mol. The highest BCUT2D eigenvalue weighted by molar-refractivity contribution is 6.13. The first-order chi connectivity index (χ1) is 32.7. The summed E-state index contributed by atoms with van der Waals surface area (Å²) in [6, 6.07) is 93.6. The van der Waals surface area contributed by atoms with Gasteiger partial charge in [0.25, 0.3) is 0 Å². The van der Waals surface area contributed by atoms with E-state index in [2.05, 4.69) is 260 Å². The number of nitrogens with zero attached hydrogens (tertiary/aromatic N) is 1. The smallest absolute Gasteiger partial charge is 0.143 e. The fourth-order valence-corrected chi connectivity index (χ4v) is 9.60. The van der Waals surface area contributed by atoms with Crippen molar-refractivity contribution in [3.05, 3.63) is 261 Å². The van der Waals surface area contributed by atoms with Crippen LogP contribution in [0.3, 0.4) is 0 Å². The minimum atomic E-state index is 0.878. The summed E-state index contributed by atoms with van der Waals surface area (Å²) in [6.07, 6.45) is 0. The third-order valence-corrected chi connectivity index (χ3v) is 12.9. The lowest BCUT2D eigenvalue weighted by Crippen LogP contribution is -2.09. The minimum absolute atomic E-state index is 0.878. The molecule has 0 unspecified atom stereocenters. The maximum atomic E-state index is 6.61. The summed E-state index contributed by atoms with van der Waals surface area (Å²) in [7, 11) is 0. The predicted octanol–water partition coefficient (Wildman–Crippen LogP) is 18.2. The third-order valence-electron chi connectivity index (χ3n) is 12.9. The number of para-hydroxylation sites is 1. The van der Waals surface area contributed by atoms with Gasteiger partial charge < -0.3 is 9.32 Å². The fourth-order valence-electron chi connectivity index (χ4n) is 9.60. The summed E-state index contributed by atoms with van der Waals surface area (Å²) in [5, 5.41) is 6.15. The molecule has 0 saturated carbocycles. The molecule has 12 aromatic rings. The van der Waals surface area contributed by atoms with Gasteiger partial charge in [-0.15, -0.1) is 0 Å². The minimum Gasteiger partial charge on any atom is -0.455 e. The van der Waals surface area contributed by atoms with Crippen molar-refractivity contribution in [1.29, 1.82) is 0 Å². The summed E-state index contributed by atoms with van der Waals surface area (Å²) < 4.78 is 6.61. The van der Waals surface area contributed by atoms with E-state index in [1.807, 2.05) is 6.07 Å². The molecule has 0 N–H and O–H groups in total. The Balaban J connectivity index is 0.911. The van der Waals surface area contributed by atoms with Crippen molar-refractivity contribution < 1.29 is 4.42 Å². The molecule has 1 aromatic heterocycles. The van der Waals surface area contributed by atoms with Gasteiger partial charge >= 0.3 is 0 Å². The second kappa shape index (κ2) is 16.8. The molecule has 0 aliphatic rings. The summed E-state index contributed by atoms with van der Waals surface area (Å²) in [5.74, 6) is 0.878. The number of anilines is 3. The molecule has 12 rings (SSSR count). The highest BCUT2D eigenvalue weighted by atomic mass is 16.3. The molecule has 0 bridgehead atoms. The van der Waals surface area contributed by atoms with Crippen LogP contribution in [0.1, 0.15) is 0 Å². The second-order valence-electron chi connectivity index (χ2n) is 16.9. The van der Waals surface area contributed by atoms with Crippen LogP contribution in [0.5, 0.6) is 0 Å². The molecule has 66 heavy (non-hydrogen) atoms. The molecular weight excluding hydrogens is 799 g/mol. The second-order valence-corrected chi connectivity index (χ2v) is 16.9. The normalized spacial score (nSPS) is 11.3. The number of rotatable bonds is 9. The fraction of sp³-hybridized carbons (Fsp3) is 0. The average Bonchev–Trinajstić information content (AvgIpc) is 3.80. The summed E-state index contributed by atoms with van der Waals surface area (Å²) in [6.45, 7) is 0. The van der Waals surface area contributed by atoms with E-state index in [0.29, 0.717) is 0 Å². The van der Waals surface area contributed by atoms with Crippen molar-refractivity contribution in [1.82, 2.24) is 0 Å². The van der Waals surface area contributed by atoms with Crippen LogP contribution in [-0.4, -0.2) is 0 Å². The van der Waals surface area contributed by atoms with Gasteiger partial charge in [-0.25, -0.2) is 0 Å². The van der Waals surface area contributed by atoms with Crippen LogP contribution in [0.4, 0.5) is 17.1 Å². The Hall–Kier alpha value is -8.72. The number of benzene rings is 11. The molecule has 0 amide bonds. The van der Waals surface area contributed by atoms with Gasteiger partial charge in [-0.1, -0.05) is 206 Å². The van der Waals surface area contributed by atoms with Crippen molar-refractivity contribution in [3.63, 3.8) is 0 Å². The Kier molecular flexibility index (Phi) is 9.89. The molecule has 310 valence electrons. The largest absolute Gasteiger partial charge is 0.455 e. The Bertz CT molecular complexity index is 3650. The van der Waals surface area contributed by atoms with Crippen LogP contribution in [0, 0.1) is 0 Å². The van der Waals surface area contributed by atoms with Gasteiger partial charge in [0.1, 0.15) is 11.3 Å². The van der Waals surface area contributed by atoms with E-state index in [1.165, 1.54) is 54.9 Å². The Morgan fingerprint density at radius 3 is 1.30 bits per heavy atom. The van der Waals surface area contributed by atoms with Crippen LogP contribution < -0.4 is 4.90 Å². The molecule has 11 aromatic carbocycles. The van der Waals surface area contributed by atoms with E-state index in [4.69, 9.17) is 4.42 Å². The molecule has 0 spiro atoms. The van der Waals surface area contributed by atoms with Gasteiger partial charge in [0, 0.05) is 33.6 Å². The zero-order chi connectivity index (χ0) is 43.8. The zero-order valence-corrected chi connectivity index (χ0v) is 36.2. The van der Waals surface area contributed by atoms with Crippen LogP contribution in [0.25, 0.3) is 99.5 Å². The zero-order valence-electron chi connectivity index (χ0n) is 36.2. The lowest BCUT2D eigenvalue weighted by Gasteiger charge is -2.26. The Labute approximate surface area is 384 Å². The molecule has 0 aliphatic carbocycles. The number of fused-ring (bicyclic) bond motifs is 4. The highest BCUT2D eigenvalue weighted by Crippen LogP contribution is 2.43. The first kappa shape index (κ1) is 38.9. The molecule has 2 heteroatoms. The van der Waals surface area contributed by atoms with E-state index >= 15 is 0 Å². The van der Waals surface area contributed by atoms with Gasteiger partial charge in [0.15, 0.2) is 0 Å². The Morgan fingerprint density at radius 1 is 0.258 bits per heavy atom. The van der Waals surface area contributed by atoms with Crippen LogP contribution in [0.15, 0.2) is 265 Å². The van der Waals surface area contributed by atoms with Crippen molar-refractivity contribution in [3.8, 4) is 67.0 Å². The van der Waals surface area contributed by atoms with Gasteiger partial charge in [-0.2, -0.15) is 0 Å².